The lowest BCUT2D eigenvalue weighted by Crippen LogP contribution is -3.15. The number of anilines is 2. The lowest BCUT2D eigenvalue weighted by molar-refractivity contribution is -0.892. The van der Waals surface area contributed by atoms with Crippen LogP contribution < -0.4 is 20.1 Å². The number of rotatable bonds is 4. The predicted octanol–water partition coefficient (Wildman–Crippen LogP) is 1.52. The van der Waals surface area contributed by atoms with E-state index in [1.165, 1.54) is 0 Å². The summed E-state index contributed by atoms with van der Waals surface area (Å²) in [6.45, 7) is 2.90. The van der Waals surface area contributed by atoms with Crippen molar-refractivity contribution in [2.45, 2.75) is 6.18 Å². The van der Waals surface area contributed by atoms with Gasteiger partial charge in [0.15, 0.2) is 6.54 Å². The highest BCUT2D eigenvalue weighted by atomic mass is 35.5. The van der Waals surface area contributed by atoms with Gasteiger partial charge in [0.05, 0.1) is 5.56 Å². The number of pyridine rings is 1. The topological polar surface area (TPSA) is 50.9 Å². The molecule has 0 radical (unpaired) electrons. The van der Waals surface area contributed by atoms with Crippen LogP contribution in [0.4, 0.5) is 24.7 Å². The number of halogens is 4. The molecule has 1 aromatic heterocycles. The number of nitrogens with zero attached hydrogens (tertiary/aromatic N) is 1. The van der Waals surface area contributed by atoms with E-state index >= 15 is 0 Å². The Kier molecular flexibility index (Phi) is 5.86. The van der Waals surface area contributed by atoms with Crippen molar-refractivity contribution in [2.75, 3.05) is 42.9 Å². The Balaban J connectivity index is 1.54. The van der Waals surface area contributed by atoms with E-state index in [9.17, 15) is 18.0 Å². The van der Waals surface area contributed by atoms with Crippen molar-refractivity contribution in [3.63, 3.8) is 0 Å². The number of piperazine rings is 1. The third kappa shape index (κ3) is 5.11. The zero-order chi connectivity index (χ0) is 19.4. The van der Waals surface area contributed by atoms with Crippen molar-refractivity contribution in [1.29, 1.82) is 0 Å². The first-order valence-electron chi connectivity index (χ1n) is 8.55. The summed E-state index contributed by atoms with van der Waals surface area (Å²) in [5, 5.41) is 2.89. The molecule has 5 nitrogen and oxygen atoms in total. The first kappa shape index (κ1) is 19.4. The molecule has 9 heteroatoms. The van der Waals surface area contributed by atoms with Crippen LogP contribution in [0.5, 0.6) is 0 Å². The molecule has 3 N–H and O–H groups in total. The Hall–Kier alpha value is -2.32. The number of H-pyrrole nitrogens is 1. The quantitative estimate of drug-likeness (QED) is 0.817. The number of aromatic nitrogens is 1. The number of benzene rings is 1. The number of hydrogen-bond donors (Lipinski definition) is 2. The molecule has 1 aliphatic heterocycles. The largest absolute Gasteiger partial charge is 0.419 e. The summed E-state index contributed by atoms with van der Waals surface area (Å²) in [5.74, 6) is 0.404. The van der Waals surface area contributed by atoms with E-state index in [0.717, 1.165) is 22.9 Å². The van der Waals surface area contributed by atoms with Gasteiger partial charge in [0.1, 0.15) is 37.4 Å². The fraction of sp³-hybridized carbons (Fsp3) is 0.333. The SMILES string of the molecule is O=C(C[NH+]1CCN(c2[nH+]cc(C(F)(F)F)cc2Cl)CC1)Nc1ccccc1. The molecular formula is C18H20ClF3N4O+2. The minimum Gasteiger partial charge on any atom is -0.321 e. The third-order valence-electron chi connectivity index (χ3n) is 4.46. The second kappa shape index (κ2) is 8.14. The number of hydrogen-bond acceptors (Lipinski definition) is 2. The summed E-state index contributed by atoms with van der Waals surface area (Å²) >= 11 is 6.04. The summed E-state index contributed by atoms with van der Waals surface area (Å²) in [6, 6.07) is 10.2. The van der Waals surface area contributed by atoms with Crippen LogP contribution in [0, 0.1) is 0 Å². The molecule has 1 saturated heterocycles. The smallest absolute Gasteiger partial charge is 0.321 e. The molecule has 27 heavy (non-hydrogen) atoms. The van der Waals surface area contributed by atoms with Crippen molar-refractivity contribution < 1.29 is 27.8 Å². The van der Waals surface area contributed by atoms with Gasteiger partial charge in [0, 0.05) is 5.69 Å². The normalized spacial score (nSPS) is 15.6. The second-order valence-electron chi connectivity index (χ2n) is 6.41. The zero-order valence-electron chi connectivity index (χ0n) is 14.4. The van der Waals surface area contributed by atoms with Gasteiger partial charge in [0.25, 0.3) is 11.7 Å². The molecule has 0 saturated carbocycles. The molecule has 1 fully saturated rings. The molecule has 0 aliphatic carbocycles. The molecular weight excluding hydrogens is 381 g/mol. The molecule has 1 amide bonds. The maximum atomic E-state index is 12.7. The van der Waals surface area contributed by atoms with E-state index in [4.69, 9.17) is 11.6 Å². The van der Waals surface area contributed by atoms with E-state index in [2.05, 4.69) is 10.3 Å². The molecule has 1 aromatic carbocycles. The van der Waals surface area contributed by atoms with Gasteiger partial charge in [-0.1, -0.05) is 29.8 Å². The molecule has 0 atom stereocenters. The lowest BCUT2D eigenvalue weighted by Gasteiger charge is -2.28. The van der Waals surface area contributed by atoms with E-state index in [-0.39, 0.29) is 10.9 Å². The highest BCUT2D eigenvalue weighted by Gasteiger charge is 2.35. The monoisotopic (exact) mass is 400 g/mol. The molecule has 2 heterocycles. The van der Waals surface area contributed by atoms with Gasteiger partial charge < -0.3 is 10.2 Å². The number of amides is 1. The van der Waals surface area contributed by atoms with Gasteiger partial charge in [-0.05, 0) is 18.2 Å². The fourth-order valence-corrected chi connectivity index (χ4v) is 3.34. The number of carbonyl (C=O) groups is 1. The molecule has 144 valence electrons. The van der Waals surface area contributed by atoms with Gasteiger partial charge >= 0.3 is 6.18 Å². The minimum absolute atomic E-state index is 0.0371. The van der Waals surface area contributed by atoms with Gasteiger partial charge in [-0.2, -0.15) is 13.2 Å². The average Bonchev–Trinajstić information content (AvgIpc) is 2.62. The predicted molar refractivity (Wildman–Crippen MR) is 95.9 cm³/mol. The number of nitrogens with one attached hydrogen (secondary N) is 3. The van der Waals surface area contributed by atoms with Crippen LogP contribution >= 0.6 is 11.6 Å². The Morgan fingerprint density at radius 2 is 1.89 bits per heavy atom. The Morgan fingerprint density at radius 3 is 2.48 bits per heavy atom. The van der Waals surface area contributed by atoms with Crippen LogP contribution in [-0.4, -0.2) is 38.6 Å². The van der Waals surface area contributed by atoms with Crippen LogP contribution in [-0.2, 0) is 11.0 Å². The Labute approximate surface area is 159 Å². The van der Waals surface area contributed by atoms with E-state index in [0.29, 0.717) is 38.5 Å². The van der Waals surface area contributed by atoms with Crippen LogP contribution in [0.15, 0.2) is 42.6 Å². The van der Waals surface area contributed by atoms with Gasteiger partial charge in [-0.15, -0.1) is 0 Å². The van der Waals surface area contributed by atoms with Gasteiger partial charge in [-0.3, -0.25) is 4.79 Å². The third-order valence-corrected chi connectivity index (χ3v) is 4.74. The van der Waals surface area contributed by atoms with Crippen LogP contribution in [0.25, 0.3) is 0 Å². The number of alkyl halides is 3. The molecule has 3 rings (SSSR count). The second-order valence-corrected chi connectivity index (χ2v) is 6.82. The van der Waals surface area contributed by atoms with Crippen LogP contribution in [0.3, 0.4) is 0 Å². The summed E-state index contributed by atoms with van der Waals surface area (Å²) in [4.78, 5) is 17.8. The van der Waals surface area contributed by atoms with E-state index in [1.54, 1.807) is 0 Å². The molecule has 0 unspecified atom stereocenters. The summed E-state index contributed by atoms with van der Waals surface area (Å²) in [7, 11) is 0. The van der Waals surface area contributed by atoms with Crippen molar-refractivity contribution >= 4 is 29.0 Å². The Bertz CT molecular complexity index is 793. The molecule has 1 aliphatic rings. The number of aromatic amines is 1. The van der Waals surface area contributed by atoms with Crippen LogP contribution in [0.1, 0.15) is 5.56 Å². The summed E-state index contributed by atoms with van der Waals surface area (Å²) in [5.41, 5.74) is -0.0511. The maximum Gasteiger partial charge on any atom is 0.419 e. The summed E-state index contributed by atoms with van der Waals surface area (Å²) in [6.07, 6.45) is -3.51. The average molecular weight is 401 g/mol. The van der Waals surface area contributed by atoms with Crippen LogP contribution in [0.2, 0.25) is 5.02 Å². The van der Waals surface area contributed by atoms with Crippen molar-refractivity contribution in [3.8, 4) is 0 Å². The fourth-order valence-electron chi connectivity index (χ4n) is 3.04. The molecule has 2 aromatic rings. The number of carbonyl (C=O) groups excluding carboxylic acids is 1. The maximum absolute atomic E-state index is 12.7. The van der Waals surface area contributed by atoms with Crippen molar-refractivity contribution in [1.82, 2.24) is 0 Å². The highest BCUT2D eigenvalue weighted by molar-refractivity contribution is 6.32. The van der Waals surface area contributed by atoms with Crippen molar-refractivity contribution in [2.24, 2.45) is 0 Å². The zero-order valence-corrected chi connectivity index (χ0v) is 15.2. The van der Waals surface area contributed by atoms with Gasteiger partial charge in [-0.25, -0.2) is 9.88 Å². The Morgan fingerprint density at radius 1 is 1.22 bits per heavy atom. The molecule has 0 spiro atoms. The minimum atomic E-state index is -4.44. The highest BCUT2D eigenvalue weighted by Crippen LogP contribution is 2.31. The van der Waals surface area contributed by atoms with Gasteiger partial charge in [0.2, 0.25) is 0 Å². The lowest BCUT2D eigenvalue weighted by atomic mass is 10.2. The number of quaternary nitrogens is 1. The summed E-state index contributed by atoms with van der Waals surface area (Å²) < 4.78 is 38.2. The van der Waals surface area contributed by atoms with E-state index in [1.807, 2.05) is 35.2 Å². The van der Waals surface area contributed by atoms with E-state index < -0.39 is 11.7 Å². The standard InChI is InChI=1S/C18H18ClF3N4O/c19-15-10-13(18(20,21)22)11-23-17(15)26-8-6-25(7-9-26)12-16(27)24-14-4-2-1-3-5-14/h1-5,10-11H,6-9,12H2,(H,24,27)/p+2. The first-order chi connectivity index (χ1) is 12.8. The number of para-hydroxylation sites is 1. The molecule has 0 bridgehead atoms. The first-order valence-corrected chi connectivity index (χ1v) is 8.92. The van der Waals surface area contributed by atoms with Crippen molar-refractivity contribution in [3.05, 3.63) is 53.2 Å².